The molecule has 1 aromatic rings. The molecule has 0 radical (unpaired) electrons. The molecule has 2 fully saturated rings. The Morgan fingerprint density at radius 2 is 1.97 bits per heavy atom. The summed E-state index contributed by atoms with van der Waals surface area (Å²) in [7, 11) is 0. The van der Waals surface area contributed by atoms with Gasteiger partial charge in [-0.2, -0.15) is 0 Å². The van der Waals surface area contributed by atoms with Crippen molar-refractivity contribution in [2.75, 3.05) is 39.4 Å². The second-order valence-corrected chi connectivity index (χ2v) is 9.66. The fraction of sp³-hybridized carbons (Fsp3) is 0.652. The highest BCUT2D eigenvalue weighted by Gasteiger charge is 2.34. The van der Waals surface area contributed by atoms with Crippen molar-refractivity contribution in [3.8, 4) is 0 Å². The number of hydrogen-bond donors (Lipinski definition) is 5. The lowest BCUT2D eigenvalue weighted by Gasteiger charge is -2.42. The van der Waals surface area contributed by atoms with E-state index < -0.39 is 5.60 Å². The number of likely N-dealkylation sites (tertiary alicyclic amines) is 1. The Morgan fingerprint density at radius 1 is 1.22 bits per heavy atom. The molecule has 0 saturated carbocycles. The molecule has 0 spiro atoms. The molecular formula is C23H36N6O3. The van der Waals surface area contributed by atoms with Gasteiger partial charge in [-0.1, -0.05) is 24.3 Å². The van der Waals surface area contributed by atoms with Crippen LogP contribution in [-0.2, 0) is 22.6 Å². The number of β-amino-alcohol motifs (C(OH)–C–C–N with tert-alkyl or cyclic N) is 1. The van der Waals surface area contributed by atoms with Gasteiger partial charge in [0, 0.05) is 65.3 Å². The van der Waals surface area contributed by atoms with Gasteiger partial charge in [-0.05, 0) is 24.5 Å². The predicted octanol–water partition coefficient (Wildman–Crippen LogP) is -1.03. The summed E-state index contributed by atoms with van der Waals surface area (Å²) in [5, 5.41) is 23.8. The summed E-state index contributed by atoms with van der Waals surface area (Å²) in [6, 6.07) is 8.38. The summed E-state index contributed by atoms with van der Waals surface area (Å²) in [6.07, 6.45) is 1.60. The standard InChI is InChI=1S/C23H36N6O3/c1-16(30)29-11-19(12-29)27-21-9-20(25-15-26-21)22(31)24-13-23(2,32)14-28-8-7-17-5-3-4-6-18(17)10-28/h3-6,19-21,25-27,32H,7-15H2,1-2H3,(H,24,31). The molecule has 176 valence electrons. The van der Waals surface area contributed by atoms with Crippen molar-refractivity contribution in [3.63, 3.8) is 0 Å². The molecule has 9 nitrogen and oxygen atoms in total. The molecule has 3 atom stereocenters. The summed E-state index contributed by atoms with van der Waals surface area (Å²) in [5.41, 5.74) is 1.69. The predicted molar refractivity (Wildman–Crippen MR) is 122 cm³/mol. The van der Waals surface area contributed by atoms with Crippen molar-refractivity contribution >= 4 is 11.8 Å². The molecule has 0 aromatic heterocycles. The lowest BCUT2D eigenvalue weighted by molar-refractivity contribution is -0.133. The van der Waals surface area contributed by atoms with Crippen LogP contribution in [0, 0.1) is 0 Å². The van der Waals surface area contributed by atoms with Gasteiger partial charge in [0.2, 0.25) is 11.8 Å². The maximum atomic E-state index is 12.8. The Hall–Kier alpha value is -2.04. The Morgan fingerprint density at radius 3 is 2.72 bits per heavy atom. The van der Waals surface area contributed by atoms with Gasteiger partial charge >= 0.3 is 0 Å². The monoisotopic (exact) mass is 444 g/mol. The number of nitrogens with one attached hydrogen (secondary N) is 4. The molecule has 9 heteroatoms. The van der Waals surface area contributed by atoms with E-state index in [1.54, 1.807) is 18.7 Å². The Balaban J connectivity index is 1.20. The Bertz CT molecular complexity index is 826. The number of rotatable bonds is 7. The molecule has 32 heavy (non-hydrogen) atoms. The van der Waals surface area contributed by atoms with Crippen LogP contribution in [0.5, 0.6) is 0 Å². The van der Waals surface area contributed by atoms with E-state index in [0.29, 0.717) is 32.7 Å². The highest BCUT2D eigenvalue weighted by molar-refractivity contribution is 5.82. The fourth-order valence-electron chi connectivity index (χ4n) is 4.79. The average Bonchev–Trinajstić information content (AvgIpc) is 2.74. The number of carbonyl (C=O) groups excluding carboxylic acids is 2. The topological polar surface area (TPSA) is 109 Å². The van der Waals surface area contributed by atoms with E-state index in [0.717, 1.165) is 19.5 Å². The first-order valence-corrected chi connectivity index (χ1v) is 11.6. The van der Waals surface area contributed by atoms with Crippen molar-refractivity contribution in [3.05, 3.63) is 35.4 Å². The number of carbonyl (C=O) groups is 2. The molecule has 0 bridgehead atoms. The molecule has 5 N–H and O–H groups in total. The van der Waals surface area contributed by atoms with Gasteiger partial charge in [0.05, 0.1) is 17.8 Å². The zero-order valence-corrected chi connectivity index (χ0v) is 19.1. The van der Waals surface area contributed by atoms with Gasteiger partial charge < -0.3 is 15.3 Å². The van der Waals surface area contributed by atoms with Crippen molar-refractivity contribution in [1.82, 2.24) is 31.1 Å². The number of aliphatic hydroxyl groups is 1. The van der Waals surface area contributed by atoms with Crippen molar-refractivity contribution in [2.45, 2.75) is 57.1 Å². The van der Waals surface area contributed by atoms with Crippen LogP contribution >= 0.6 is 0 Å². The summed E-state index contributed by atoms with van der Waals surface area (Å²) >= 11 is 0. The van der Waals surface area contributed by atoms with Crippen LogP contribution in [0.1, 0.15) is 31.4 Å². The molecule has 3 heterocycles. The zero-order valence-electron chi connectivity index (χ0n) is 19.1. The summed E-state index contributed by atoms with van der Waals surface area (Å²) < 4.78 is 0. The molecule has 3 unspecified atom stereocenters. The van der Waals surface area contributed by atoms with Crippen molar-refractivity contribution in [2.24, 2.45) is 0 Å². The van der Waals surface area contributed by atoms with Crippen LogP contribution in [0.4, 0.5) is 0 Å². The largest absolute Gasteiger partial charge is 0.387 e. The van der Waals surface area contributed by atoms with Gasteiger partial charge in [-0.3, -0.25) is 30.4 Å². The first kappa shape index (κ1) is 23.1. The number of nitrogens with zero attached hydrogens (tertiary/aromatic N) is 2. The molecular weight excluding hydrogens is 408 g/mol. The molecule has 0 aliphatic carbocycles. The van der Waals surface area contributed by atoms with E-state index >= 15 is 0 Å². The molecule has 4 rings (SSSR count). The third kappa shape index (κ3) is 5.85. The van der Waals surface area contributed by atoms with E-state index in [4.69, 9.17) is 0 Å². The minimum absolute atomic E-state index is 0.0139. The summed E-state index contributed by atoms with van der Waals surface area (Å²) in [4.78, 5) is 28.1. The molecule has 2 saturated heterocycles. The second-order valence-electron chi connectivity index (χ2n) is 9.66. The highest BCUT2D eigenvalue weighted by Crippen LogP contribution is 2.20. The maximum absolute atomic E-state index is 12.8. The minimum Gasteiger partial charge on any atom is -0.387 e. The quantitative estimate of drug-likeness (QED) is 0.366. The third-order valence-electron chi connectivity index (χ3n) is 6.67. The lowest BCUT2D eigenvalue weighted by Crippen LogP contribution is -2.67. The summed E-state index contributed by atoms with van der Waals surface area (Å²) in [6.45, 7) is 7.78. The first-order valence-electron chi connectivity index (χ1n) is 11.6. The highest BCUT2D eigenvalue weighted by atomic mass is 16.3. The Kier molecular flexibility index (Phi) is 7.11. The SMILES string of the molecule is CC(=O)N1CC(NC2CC(C(=O)NCC(C)(O)CN3CCc4ccccc4C3)NCN2)C1. The lowest BCUT2D eigenvalue weighted by atomic mass is 9.98. The van der Waals surface area contributed by atoms with Crippen LogP contribution < -0.4 is 21.3 Å². The van der Waals surface area contributed by atoms with Crippen LogP contribution in [0.3, 0.4) is 0 Å². The van der Waals surface area contributed by atoms with E-state index in [-0.39, 0.29) is 36.6 Å². The van der Waals surface area contributed by atoms with Crippen LogP contribution in [-0.4, -0.2) is 90.0 Å². The van der Waals surface area contributed by atoms with E-state index in [1.807, 2.05) is 0 Å². The van der Waals surface area contributed by atoms with Gasteiger partial charge in [0.15, 0.2) is 0 Å². The van der Waals surface area contributed by atoms with Crippen LogP contribution in [0.2, 0.25) is 0 Å². The summed E-state index contributed by atoms with van der Waals surface area (Å²) in [5.74, 6) is 0.000857. The average molecular weight is 445 g/mol. The fourth-order valence-corrected chi connectivity index (χ4v) is 4.79. The van der Waals surface area contributed by atoms with Crippen molar-refractivity contribution in [1.29, 1.82) is 0 Å². The second kappa shape index (κ2) is 9.84. The van der Waals surface area contributed by atoms with Crippen LogP contribution in [0.25, 0.3) is 0 Å². The minimum atomic E-state index is -1.01. The van der Waals surface area contributed by atoms with Gasteiger partial charge in [0.25, 0.3) is 0 Å². The van der Waals surface area contributed by atoms with Gasteiger partial charge in [-0.25, -0.2) is 0 Å². The third-order valence-corrected chi connectivity index (χ3v) is 6.67. The van der Waals surface area contributed by atoms with E-state index in [1.165, 1.54) is 11.1 Å². The molecule has 2 amide bonds. The smallest absolute Gasteiger partial charge is 0.237 e. The van der Waals surface area contributed by atoms with Gasteiger partial charge in [-0.15, -0.1) is 0 Å². The Labute approximate surface area is 189 Å². The van der Waals surface area contributed by atoms with E-state index in [9.17, 15) is 14.7 Å². The maximum Gasteiger partial charge on any atom is 0.237 e. The van der Waals surface area contributed by atoms with E-state index in [2.05, 4.69) is 50.4 Å². The number of hydrogen-bond acceptors (Lipinski definition) is 7. The zero-order chi connectivity index (χ0) is 22.7. The first-order chi connectivity index (χ1) is 15.3. The normalized spacial score (nSPS) is 26.0. The molecule has 1 aromatic carbocycles. The number of benzene rings is 1. The van der Waals surface area contributed by atoms with Crippen molar-refractivity contribution < 1.29 is 14.7 Å². The molecule has 3 aliphatic heterocycles. The number of amides is 2. The van der Waals surface area contributed by atoms with Crippen LogP contribution in [0.15, 0.2) is 24.3 Å². The van der Waals surface area contributed by atoms with Gasteiger partial charge in [0.1, 0.15) is 0 Å². The molecule has 3 aliphatic rings. The number of fused-ring (bicyclic) bond motifs is 1.